The number of amides is 1. The Morgan fingerprint density at radius 3 is 2.35 bits per heavy atom. The zero-order chi connectivity index (χ0) is 22.8. The van der Waals surface area contributed by atoms with Gasteiger partial charge in [0.1, 0.15) is 11.6 Å². The summed E-state index contributed by atoms with van der Waals surface area (Å²) >= 11 is 0. The van der Waals surface area contributed by atoms with Crippen LogP contribution < -0.4 is 10.1 Å². The van der Waals surface area contributed by atoms with Crippen molar-refractivity contribution in [3.8, 4) is 5.75 Å². The minimum absolute atomic E-state index is 0.0940. The van der Waals surface area contributed by atoms with Gasteiger partial charge in [0.2, 0.25) is 15.9 Å². The van der Waals surface area contributed by atoms with Gasteiger partial charge in [-0.25, -0.2) is 13.1 Å². The number of rotatable bonds is 6. The largest absolute Gasteiger partial charge is 0.494 e. The number of benzene rings is 1. The van der Waals surface area contributed by atoms with Gasteiger partial charge in [-0.05, 0) is 71.7 Å². The smallest absolute Gasteiger partial charge is 0.243 e. The topological polar surface area (TPSA) is 93.5 Å². The first-order chi connectivity index (χ1) is 14.5. The Morgan fingerprint density at radius 1 is 1.19 bits per heavy atom. The molecule has 0 radical (unpaired) electrons. The standard InChI is InChI=1S/C22H32N4O4S/c1-6-30-18-7-9-19(10-8-18)31(28,29)25-13-11-17(12-14-25)21(27)23-20-15-16(2)24-26(20)22(3,4)5/h7-10,15,17H,6,11-14H2,1-5H3,(H,23,27). The fraction of sp³-hybridized carbons (Fsp3) is 0.545. The Labute approximate surface area is 184 Å². The van der Waals surface area contributed by atoms with E-state index in [0.717, 1.165) is 5.69 Å². The third-order valence-corrected chi connectivity index (χ3v) is 7.23. The normalized spacial score (nSPS) is 16.3. The van der Waals surface area contributed by atoms with Gasteiger partial charge >= 0.3 is 0 Å². The molecule has 1 saturated heterocycles. The van der Waals surface area contributed by atoms with E-state index in [1.165, 1.54) is 4.31 Å². The van der Waals surface area contributed by atoms with Crippen molar-refractivity contribution in [3.05, 3.63) is 36.0 Å². The maximum absolute atomic E-state index is 13.0. The molecule has 2 aromatic rings. The van der Waals surface area contributed by atoms with E-state index in [1.54, 1.807) is 24.3 Å². The molecular weight excluding hydrogens is 416 g/mol. The number of hydrogen-bond donors (Lipinski definition) is 1. The van der Waals surface area contributed by atoms with Crippen LogP contribution in [0.15, 0.2) is 35.2 Å². The molecule has 0 unspecified atom stereocenters. The predicted octanol–water partition coefficient (Wildman–Crippen LogP) is 3.38. The van der Waals surface area contributed by atoms with Crippen LogP contribution in [0.5, 0.6) is 5.75 Å². The van der Waals surface area contributed by atoms with Gasteiger partial charge in [0.15, 0.2) is 0 Å². The van der Waals surface area contributed by atoms with E-state index < -0.39 is 10.0 Å². The van der Waals surface area contributed by atoms with Crippen LogP contribution in [0.3, 0.4) is 0 Å². The summed E-state index contributed by atoms with van der Waals surface area (Å²) in [6.07, 6.45) is 0.954. The van der Waals surface area contributed by atoms with Crippen LogP contribution in [0.25, 0.3) is 0 Å². The van der Waals surface area contributed by atoms with Crippen molar-refractivity contribution in [1.82, 2.24) is 14.1 Å². The second-order valence-corrected chi connectivity index (χ2v) is 10.8. The number of nitrogens with zero attached hydrogens (tertiary/aromatic N) is 3. The molecule has 2 heterocycles. The predicted molar refractivity (Wildman–Crippen MR) is 120 cm³/mol. The number of hydrogen-bond acceptors (Lipinski definition) is 5. The van der Waals surface area contributed by atoms with Crippen molar-refractivity contribution in [3.63, 3.8) is 0 Å². The minimum Gasteiger partial charge on any atom is -0.494 e. The number of ether oxygens (including phenoxy) is 1. The lowest BCUT2D eigenvalue weighted by atomic mass is 9.97. The molecule has 0 bridgehead atoms. The first kappa shape index (κ1) is 23.3. The van der Waals surface area contributed by atoms with Crippen LogP contribution in [0.2, 0.25) is 0 Å². The molecule has 1 N–H and O–H groups in total. The Bertz CT molecular complexity index is 1010. The van der Waals surface area contributed by atoms with Crippen LogP contribution in [0.4, 0.5) is 5.82 Å². The lowest BCUT2D eigenvalue weighted by Crippen LogP contribution is -2.41. The molecule has 0 spiro atoms. The molecule has 170 valence electrons. The molecule has 1 amide bonds. The van der Waals surface area contributed by atoms with Crippen molar-refractivity contribution < 1.29 is 17.9 Å². The molecule has 8 nitrogen and oxygen atoms in total. The van der Waals surface area contributed by atoms with Crippen LogP contribution in [-0.4, -0.2) is 48.1 Å². The maximum Gasteiger partial charge on any atom is 0.243 e. The van der Waals surface area contributed by atoms with Gasteiger partial charge < -0.3 is 10.1 Å². The highest BCUT2D eigenvalue weighted by Gasteiger charge is 2.33. The third kappa shape index (κ3) is 5.27. The minimum atomic E-state index is -3.59. The molecule has 9 heteroatoms. The van der Waals surface area contributed by atoms with E-state index in [9.17, 15) is 13.2 Å². The molecule has 1 aromatic carbocycles. The molecule has 31 heavy (non-hydrogen) atoms. The van der Waals surface area contributed by atoms with Crippen molar-refractivity contribution in [2.75, 3.05) is 25.0 Å². The SMILES string of the molecule is CCOc1ccc(S(=O)(=O)N2CCC(C(=O)Nc3cc(C)nn3C(C)(C)C)CC2)cc1. The quantitative estimate of drug-likeness (QED) is 0.731. The number of aromatic nitrogens is 2. The van der Waals surface area contributed by atoms with Gasteiger partial charge in [-0.1, -0.05) is 0 Å². The van der Waals surface area contributed by atoms with Crippen LogP contribution in [0, 0.1) is 12.8 Å². The maximum atomic E-state index is 13.0. The van der Waals surface area contributed by atoms with Crippen LogP contribution >= 0.6 is 0 Å². The van der Waals surface area contributed by atoms with Crippen molar-refractivity contribution >= 4 is 21.7 Å². The first-order valence-corrected chi connectivity index (χ1v) is 12.1. The number of aryl methyl sites for hydroxylation is 1. The Morgan fingerprint density at radius 2 is 1.81 bits per heavy atom. The van der Waals surface area contributed by atoms with Gasteiger partial charge in [0.05, 0.1) is 22.7 Å². The van der Waals surface area contributed by atoms with Gasteiger partial charge in [-0.3, -0.25) is 4.79 Å². The van der Waals surface area contributed by atoms with Crippen molar-refractivity contribution in [2.45, 2.75) is 57.9 Å². The molecule has 0 atom stereocenters. The molecule has 1 fully saturated rings. The van der Waals surface area contributed by atoms with E-state index in [2.05, 4.69) is 10.4 Å². The molecular formula is C22H32N4O4S. The average Bonchev–Trinajstić information content (AvgIpc) is 3.09. The van der Waals surface area contributed by atoms with Crippen LogP contribution in [0.1, 0.15) is 46.2 Å². The Kier molecular flexibility index (Phi) is 6.76. The second kappa shape index (κ2) is 9.00. The molecule has 1 aliphatic rings. The van der Waals surface area contributed by atoms with E-state index in [4.69, 9.17) is 4.74 Å². The Hall–Kier alpha value is -2.39. The van der Waals surface area contributed by atoms with E-state index in [1.807, 2.05) is 45.4 Å². The summed E-state index contributed by atoms with van der Waals surface area (Å²) < 4.78 is 34.6. The molecule has 1 aliphatic heterocycles. The number of carbonyl (C=O) groups is 1. The van der Waals surface area contributed by atoms with E-state index in [-0.39, 0.29) is 22.3 Å². The van der Waals surface area contributed by atoms with Gasteiger partial charge in [0, 0.05) is 25.1 Å². The second-order valence-electron chi connectivity index (χ2n) is 8.83. The van der Waals surface area contributed by atoms with Gasteiger partial charge in [-0.2, -0.15) is 9.40 Å². The lowest BCUT2D eigenvalue weighted by Gasteiger charge is -2.31. The number of sulfonamides is 1. The molecule has 0 aliphatic carbocycles. The van der Waals surface area contributed by atoms with E-state index in [0.29, 0.717) is 44.1 Å². The van der Waals surface area contributed by atoms with Gasteiger partial charge in [-0.15, -0.1) is 0 Å². The summed E-state index contributed by atoms with van der Waals surface area (Å²) in [4.78, 5) is 13.1. The summed E-state index contributed by atoms with van der Waals surface area (Å²) in [7, 11) is -3.59. The number of anilines is 1. The highest BCUT2D eigenvalue weighted by atomic mass is 32.2. The fourth-order valence-corrected chi connectivity index (χ4v) is 5.18. The molecule has 1 aromatic heterocycles. The lowest BCUT2D eigenvalue weighted by molar-refractivity contribution is -0.121. The first-order valence-electron chi connectivity index (χ1n) is 10.6. The zero-order valence-corrected chi connectivity index (χ0v) is 19.7. The summed E-state index contributed by atoms with van der Waals surface area (Å²) in [6.45, 7) is 11.0. The average molecular weight is 449 g/mol. The van der Waals surface area contributed by atoms with Gasteiger partial charge in [0.25, 0.3) is 0 Å². The molecule has 3 rings (SSSR count). The zero-order valence-electron chi connectivity index (χ0n) is 18.9. The summed E-state index contributed by atoms with van der Waals surface area (Å²) in [5, 5.41) is 7.47. The van der Waals surface area contributed by atoms with Crippen molar-refractivity contribution in [2.24, 2.45) is 5.92 Å². The summed E-state index contributed by atoms with van der Waals surface area (Å²) in [6, 6.07) is 8.31. The highest BCUT2D eigenvalue weighted by molar-refractivity contribution is 7.89. The monoisotopic (exact) mass is 448 g/mol. The number of carbonyl (C=O) groups excluding carboxylic acids is 1. The number of nitrogens with one attached hydrogen (secondary N) is 1. The summed E-state index contributed by atoms with van der Waals surface area (Å²) in [5.41, 5.74) is 0.577. The van der Waals surface area contributed by atoms with E-state index >= 15 is 0 Å². The molecule has 0 saturated carbocycles. The third-order valence-electron chi connectivity index (χ3n) is 5.32. The fourth-order valence-electron chi connectivity index (χ4n) is 3.71. The number of piperidine rings is 1. The highest BCUT2D eigenvalue weighted by Crippen LogP contribution is 2.27. The van der Waals surface area contributed by atoms with Crippen molar-refractivity contribution in [1.29, 1.82) is 0 Å². The Balaban J connectivity index is 1.63. The van der Waals surface area contributed by atoms with Crippen LogP contribution in [-0.2, 0) is 20.4 Å². The summed E-state index contributed by atoms with van der Waals surface area (Å²) in [5.74, 6) is 0.972.